The molecule has 0 heterocycles. The maximum atomic E-state index is 12.0. The minimum Gasteiger partial charge on any atom is -0.493 e. The van der Waals surface area contributed by atoms with Gasteiger partial charge in [-0.05, 0) is 47.9 Å². The molecule has 0 saturated heterocycles. The number of methoxy groups -OCH3 is 2. The van der Waals surface area contributed by atoms with E-state index in [1.807, 2.05) is 30.3 Å². The van der Waals surface area contributed by atoms with Gasteiger partial charge in [-0.3, -0.25) is 9.59 Å². The number of hydrogen-bond acceptors (Lipinski definition) is 6. The van der Waals surface area contributed by atoms with E-state index in [9.17, 15) is 9.59 Å². The van der Waals surface area contributed by atoms with Gasteiger partial charge in [-0.1, -0.05) is 48.0 Å². The summed E-state index contributed by atoms with van der Waals surface area (Å²) in [5.74, 6) is 0.198. The van der Waals surface area contributed by atoms with Crippen molar-refractivity contribution in [1.82, 2.24) is 10.7 Å². The van der Waals surface area contributed by atoms with Crippen molar-refractivity contribution in [2.45, 2.75) is 13.0 Å². The summed E-state index contributed by atoms with van der Waals surface area (Å²) < 4.78 is 16.2. The Morgan fingerprint density at radius 2 is 1.74 bits per heavy atom. The average molecular weight is 496 g/mol. The quantitative estimate of drug-likeness (QED) is 0.253. The van der Waals surface area contributed by atoms with Crippen LogP contribution in [0.15, 0.2) is 71.8 Å². The van der Waals surface area contributed by atoms with Gasteiger partial charge in [0, 0.05) is 17.1 Å². The molecule has 0 bridgehead atoms. The lowest BCUT2D eigenvalue weighted by molar-refractivity contribution is -0.139. The molecule has 182 valence electrons. The molecule has 2 N–H and O–H groups in total. The lowest BCUT2D eigenvalue weighted by Crippen LogP contribution is -2.38. The lowest BCUT2D eigenvalue weighted by atomic mass is 10.1. The molecule has 3 rings (SSSR count). The van der Waals surface area contributed by atoms with Crippen LogP contribution < -0.4 is 25.0 Å². The maximum absolute atomic E-state index is 12.0. The van der Waals surface area contributed by atoms with E-state index < -0.39 is 11.8 Å². The third kappa shape index (κ3) is 7.75. The first kappa shape index (κ1) is 25.6. The highest BCUT2D eigenvalue weighted by Crippen LogP contribution is 2.27. The second-order valence-electron chi connectivity index (χ2n) is 7.35. The molecule has 2 amide bonds. The van der Waals surface area contributed by atoms with Crippen LogP contribution in [0.3, 0.4) is 0 Å². The average Bonchev–Trinajstić information content (AvgIpc) is 2.88. The Labute approximate surface area is 208 Å². The fraction of sp³-hybridized carbons (Fsp3) is 0.192. The SMILES string of the molecule is COc1ccc(CCNC(=O)C(=O)N/N=C\c2cccc(OCc3ccccc3Cl)c2)cc1OC. The van der Waals surface area contributed by atoms with Crippen LogP contribution in [0.2, 0.25) is 5.02 Å². The Kier molecular flexibility index (Phi) is 9.50. The van der Waals surface area contributed by atoms with Gasteiger partial charge in [-0.15, -0.1) is 0 Å². The number of nitrogens with zero attached hydrogens (tertiary/aromatic N) is 1. The van der Waals surface area contributed by atoms with Gasteiger partial charge in [-0.25, -0.2) is 5.43 Å². The molecule has 0 aliphatic heterocycles. The van der Waals surface area contributed by atoms with Crippen molar-refractivity contribution in [2.75, 3.05) is 20.8 Å². The number of benzene rings is 3. The van der Waals surface area contributed by atoms with E-state index in [1.54, 1.807) is 50.6 Å². The molecular formula is C26H26ClN3O5. The van der Waals surface area contributed by atoms with Gasteiger partial charge in [0.1, 0.15) is 12.4 Å². The molecule has 9 heteroatoms. The monoisotopic (exact) mass is 495 g/mol. The fourth-order valence-electron chi connectivity index (χ4n) is 3.11. The Morgan fingerprint density at radius 3 is 2.51 bits per heavy atom. The third-order valence-corrected chi connectivity index (χ3v) is 5.31. The molecule has 0 fully saturated rings. The second kappa shape index (κ2) is 13.0. The van der Waals surface area contributed by atoms with Crippen molar-refractivity contribution < 1.29 is 23.8 Å². The lowest BCUT2D eigenvalue weighted by Gasteiger charge is -2.10. The highest BCUT2D eigenvalue weighted by atomic mass is 35.5. The van der Waals surface area contributed by atoms with Crippen LogP contribution in [-0.4, -0.2) is 38.8 Å². The summed E-state index contributed by atoms with van der Waals surface area (Å²) in [4.78, 5) is 24.0. The summed E-state index contributed by atoms with van der Waals surface area (Å²) in [6, 6.07) is 20.1. The Morgan fingerprint density at radius 1 is 0.943 bits per heavy atom. The number of carbonyl (C=O) groups excluding carboxylic acids is 2. The van der Waals surface area contributed by atoms with Gasteiger partial charge in [0.25, 0.3) is 0 Å². The summed E-state index contributed by atoms with van der Waals surface area (Å²) in [6.45, 7) is 0.594. The van der Waals surface area contributed by atoms with Gasteiger partial charge in [-0.2, -0.15) is 5.10 Å². The van der Waals surface area contributed by atoms with Crippen molar-refractivity contribution >= 4 is 29.6 Å². The van der Waals surface area contributed by atoms with Crippen LogP contribution in [0.5, 0.6) is 17.2 Å². The summed E-state index contributed by atoms with van der Waals surface area (Å²) >= 11 is 6.15. The highest BCUT2D eigenvalue weighted by Gasteiger charge is 2.12. The smallest absolute Gasteiger partial charge is 0.329 e. The first-order valence-electron chi connectivity index (χ1n) is 10.8. The number of hydrazone groups is 1. The van der Waals surface area contributed by atoms with E-state index >= 15 is 0 Å². The predicted molar refractivity (Wildman–Crippen MR) is 134 cm³/mol. The van der Waals surface area contributed by atoms with Crippen LogP contribution in [0.1, 0.15) is 16.7 Å². The van der Waals surface area contributed by atoms with Gasteiger partial charge in [0.15, 0.2) is 11.5 Å². The molecule has 0 aromatic heterocycles. The zero-order chi connectivity index (χ0) is 25.0. The zero-order valence-corrected chi connectivity index (χ0v) is 20.2. The Bertz CT molecular complexity index is 1200. The highest BCUT2D eigenvalue weighted by molar-refractivity contribution is 6.35. The fourth-order valence-corrected chi connectivity index (χ4v) is 3.30. The predicted octanol–water partition coefficient (Wildman–Crippen LogP) is 3.75. The van der Waals surface area contributed by atoms with Crippen LogP contribution in [0.25, 0.3) is 0 Å². The topological polar surface area (TPSA) is 98.2 Å². The number of nitrogens with one attached hydrogen (secondary N) is 2. The van der Waals surface area contributed by atoms with Gasteiger partial charge < -0.3 is 19.5 Å². The van der Waals surface area contributed by atoms with Crippen LogP contribution >= 0.6 is 11.6 Å². The number of ether oxygens (including phenoxy) is 3. The number of halogens is 1. The standard InChI is InChI=1S/C26H26ClN3O5/c1-33-23-11-10-18(15-24(23)34-2)12-13-28-25(31)26(32)30-29-16-19-6-5-8-21(14-19)35-17-20-7-3-4-9-22(20)27/h3-11,14-16H,12-13,17H2,1-2H3,(H,28,31)(H,30,32)/b29-16-. The molecule has 35 heavy (non-hydrogen) atoms. The molecule has 0 saturated carbocycles. The van der Waals surface area contributed by atoms with E-state index in [-0.39, 0.29) is 6.54 Å². The Balaban J connectivity index is 1.44. The maximum Gasteiger partial charge on any atom is 0.329 e. The molecule has 3 aromatic carbocycles. The summed E-state index contributed by atoms with van der Waals surface area (Å²) in [6.07, 6.45) is 1.95. The molecule has 0 spiro atoms. The zero-order valence-electron chi connectivity index (χ0n) is 19.4. The molecule has 8 nitrogen and oxygen atoms in total. The van der Waals surface area contributed by atoms with E-state index in [1.165, 1.54) is 6.21 Å². The molecular weight excluding hydrogens is 470 g/mol. The van der Waals surface area contributed by atoms with Crippen LogP contribution in [0, 0.1) is 0 Å². The van der Waals surface area contributed by atoms with Crippen molar-refractivity contribution in [3.8, 4) is 17.2 Å². The minimum absolute atomic E-state index is 0.274. The van der Waals surface area contributed by atoms with E-state index in [2.05, 4.69) is 15.8 Å². The third-order valence-electron chi connectivity index (χ3n) is 4.94. The van der Waals surface area contributed by atoms with Crippen molar-refractivity contribution in [3.05, 3.63) is 88.4 Å². The van der Waals surface area contributed by atoms with E-state index in [4.69, 9.17) is 25.8 Å². The molecule has 0 unspecified atom stereocenters. The van der Waals surface area contributed by atoms with Crippen molar-refractivity contribution in [3.63, 3.8) is 0 Å². The number of carbonyl (C=O) groups is 2. The Hall–Kier alpha value is -4.04. The van der Waals surface area contributed by atoms with E-state index in [0.717, 1.165) is 11.1 Å². The normalized spacial score (nSPS) is 10.6. The van der Waals surface area contributed by atoms with Crippen molar-refractivity contribution in [2.24, 2.45) is 5.10 Å². The molecule has 0 aliphatic rings. The van der Waals surface area contributed by atoms with E-state index in [0.29, 0.717) is 40.9 Å². The number of hydrogen-bond donors (Lipinski definition) is 2. The molecule has 3 aromatic rings. The van der Waals surface area contributed by atoms with Gasteiger partial charge >= 0.3 is 11.8 Å². The van der Waals surface area contributed by atoms with Crippen LogP contribution in [-0.2, 0) is 22.6 Å². The number of amides is 2. The minimum atomic E-state index is -0.861. The van der Waals surface area contributed by atoms with Crippen molar-refractivity contribution in [1.29, 1.82) is 0 Å². The molecule has 0 aliphatic carbocycles. The van der Waals surface area contributed by atoms with Gasteiger partial charge in [0.05, 0.1) is 20.4 Å². The second-order valence-corrected chi connectivity index (χ2v) is 7.75. The van der Waals surface area contributed by atoms with Gasteiger partial charge in [0.2, 0.25) is 0 Å². The molecule has 0 radical (unpaired) electrons. The summed E-state index contributed by atoms with van der Waals surface area (Å²) in [5, 5.41) is 7.05. The largest absolute Gasteiger partial charge is 0.493 e. The number of rotatable bonds is 10. The summed E-state index contributed by atoms with van der Waals surface area (Å²) in [5.41, 5.74) is 4.71. The first-order chi connectivity index (χ1) is 17.0. The molecule has 0 atom stereocenters. The summed E-state index contributed by atoms with van der Waals surface area (Å²) in [7, 11) is 3.12. The first-order valence-corrected chi connectivity index (χ1v) is 11.2. The van der Waals surface area contributed by atoms with Crippen LogP contribution in [0.4, 0.5) is 0 Å².